The van der Waals surface area contributed by atoms with Gasteiger partial charge in [-0.3, -0.25) is 9.59 Å². The van der Waals surface area contributed by atoms with E-state index < -0.39 is 0 Å². The number of pyridine rings is 2. The van der Waals surface area contributed by atoms with Crippen LogP contribution in [0.2, 0.25) is 0 Å². The Morgan fingerprint density at radius 3 is 2.45 bits per heavy atom. The number of carbonyl (C=O) groups excluding carboxylic acids is 1. The molecule has 0 radical (unpaired) electrons. The van der Waals surface area contributed by atoms with E-state index in [1.807, 2.05) is 37.5 Å². The number of hydrogen-bond donors (Lipinski definition) is 0. The Hall–Kier alpha value is -3.19. The molecule has 172 valence electrons. The summed E-state index contributed by atoms with van der Waals surface area (Å²) in [5.74, 6) is 0.163. The van der Waals surface area contributed by atoms with Gasteiger partial charge in [0.1, 0.15) is 11.7 Å². The second kappa shape index (κ2) is 8.63. The van der Waals surface area contributed by atoms with Crippen molar-refractivity contribution in [3.8, 4) is 5.88 Å². The highest BCUT2D eigenvalue weighted by Gasteiger charge is 2.32. The number of amides is 1. The number of ether oxygens (including phenoxy) is 2. The van der Waals surface area contributed by atoms with Gasteiger partial charge in [0.2, 0.25) is 11.3 Å². The summed E-state index contributed by atoms with van der Waals surface area (Å²) in [5.41, 5.74) is 3.17. The summed E-state index contributed by atoms with van der Waals surface area (Å²) in [6.07, 6.45) is 4.96. The number of aryl methyl sites for hydroxylation is 1. The van der Waals surface area contributed by atoms with E-state index in [4.69, 9.17) is 9.47 Å². The van der Waals surface area contributed by atoms with Crippen LogP contribution >= 0.6 is 0 Å². The van der Waals surface area contributed by atoms with Crippen molar-refractivity contribution in [3.05, 3.63) is 69.6 Å². The topological polar surface area (TPSA) is 73.7 Å². The monoisotopic (exact) mass is 447 g/mol. The van der Waals surface area contributed by atoms with E-state index in [0.29, 0.717) is 36.5 Å². The first-order chi connectivity index (χ1) is 16.0. The molecule has 2 aliphatic rings. The van der Waals surface area contributed by atoms with E-state index in [1.165, 1.54) is 11.1 Å². The van der Waals surface area contributed by atoms with Crippen LogP contribution in [-0.2, 0) is 24.1 Å². The summed E-state index contributed by atoms with van der Waals surface area (Å²) in [4.78, 5) is 33.2. The number of fused-ring (bicyclic) bond motifs is 2. The third-order valence-corrected chi connectivity index (χ3v) is 6.72. The lowest BCUT2D eigenvalue weighted by atomic mass is 10.1. The van der Waals surface area contributed by atoms with Gasteiger partial charge in [0.25, 0.3) is 5.91 Å². The molecule has 3 aromatic rings. The first kappa shape index (κ1) is 21.6. The summed E-state index contributed by atoms with van der Waals surface area (Å²) in [7, 11) is 0. The highest BCUT2D eigenvalue weighted by Crippen LogP contribution is 2.26. The fourth-order valence-corrected chi connectivity index (χ4v) is 5.06. The Morgan fingerprint density at radius 2 is 1.82 bits per heavy atom. The highest BCUT2D eigenvalue weighted by molar-refractivity contribution is 5.97. The van der Waals surface area contributed by atoms with Gasteiger partial charge < -0.3 is 18.9 Å². The smallest absolute Gasteiger partial charge is 0.259 e. The van der Waals surface area contributed by atoms with Gasteiger partial charge in [0.05, 0.1) is 42.4 Å². The van der Waals surface area contributed by atoms with Crippen molar-refractivity contribution < 1.29 is 14.3 Å². The van der Waals surface area contributed by atoms with Crippen molar-refractivity contribution >= 4 is 16.8 Å². The molecule has 7 heteroatoms. The van der Waals surface area contributed by atoms with Gasteiger partial charge in [-0.2, -0.15) is 0 Å². The number of rotatable bonds is 4. The summed E-state index contributed by atoms with van der Waals surface area (Å²) >= 11 is 0. The predicted octanol–water partition coefficient (Wildman–Crippen LogP) is 3.21. The van der Waals surface area contributed by atoms with Crippen LogP contribution in [0.3, 0.4) is 0 Å². The lowest BCUT2D eigenvalue weighted by molar-refractivity contribution is -0.0250. The predicted molar refractivity (Wildman–Crippen MR) is 126 cm³/mol. The Kier molecular flexibility index (Phi) is 5.66. The molecule has 1 fully saturated rings. The average molecular weight is 448 g/mol. The Labute approximate surface area is 192 Å². The number of hydrogen-bond acceptors (Lipinski definition) is 5. The largest absolute Gasteiger partial charge is 0.474 e. The van der Waals surface area contributed by atoms with Crippen LogP contribution in [0.1, 0.15) is 42.3 Å². The van der Waals surface area contributed by atoms with Gasteiger partial charge in [-0.1, -0.05) is 24.3 Å². The maximum Gasteiger partial charge on any atom is 0.259 e. The number of aromatic nitrogens is 2. The zero-order valence-corrected chi connectivity index (χ0v) is 19.3. The maximum atomic E-state index is 13.5. The molecular formula is C26H29N3O4. The molecule has 0 N–H and O–H groups in total. The van der Waals surface area contributed by atoms with Gasteiger partial charge >= 0.3 is 0 Å². The average Bonchev–Trinajstić information content (AvgIpc) is 3.21. The van der Waals surface area contributed by atoms with E-state index in [9.17, 15) is 9.59 Å². The first-order valence-corrected chi connectivity index (χ1v) is 11.6. The van der Waals surface area contributed by atoms with Gasteiger partial charge in [-0.15, -0.1) is 0 Å². The molecular weight excluding hydrogens is 418 g/mol. The summed E-state index contributed by atoms with van der Waals surface area (Å²) in [5, 5.41) is 0.455. The normalized spacial score (nSPS) is 20.8. The zero-order valence-electron chi connectivity index (χ0n) is 19.3. The van der Waals surface area contributed by atoms with Gasteiger partial charge in [-0.05, 0) is 31.9 Å². The lowest BCUT2D eigenvalue weighted by Gasteiger charge is -2.38. The molecule has 1 amide bonds. The molecule has 2 atom stereocenters. The van der Waals surface area contributed by atoms with Crippen LogP contribution in [0.25, 0.3) is 10.9 Å². The second-order valence-corrected chi connectivity index (χ2v) is 9.06. The van der Waals surface area contributed by atoms with Crippen LogP contribution in [0.4, 0.5) is 0 Å². The van der Waals surface area contributed by atoms with Crippen LogP contribution in [0.5, 0.6) is 5.88 Å². The first-order valence-electron chi connectivity index (χ1n) is 11.6. The summed E-state index contributed by atoms with van der Waals surface area (Å²) in [6.45, 7) is 7.43. The van der Waals surface area contributed by atoms with Crippen LogP contribution < -0.4 is 10.2 Å². The molecule has 3 heterocycles. The van der Waals surface area contributed by atoms with Gasteiger partial charge in [0, 0.05) is 31.6 Å². The molecule has 1 aromatic carbocycles. The van der Waals surface area contributed by atoms with Crippen molar-refractivity contribution in [1.82, 2.24) is 14.5 Å². The van der Waals surface area contributed by atoms with Crippen molar-refractivity contribution in [2.75, 3.05) is 13.2 Å². The number of nitrogens with zero attached hydrogens (tertiary/aromatic N) is 3. The Bertz CT molecular complexity index is 1230. The quantitative estimate of drug-likeness (QED) is 0.614. The molecule has 2 aromatic heterocycles. The van der Waals surface area contributed by atoms with Gasteiger partial charge in [0.15, 0.2) is 0 Å². The molecule has 1 saturated heterocycles. The number of carbonyl (C=O) groups is 1. The summed E-state index contributed by atoms with van der Waals surface area (Å²) in [6, 6.07) is 9.83. The Morgan fingerprint density at radius 1 is 1.15 bits per heavy atom. The third kappa shape index (κ3) is 3.91. The minimum Gasteiger partial charge on any atom is -0.474 e. The highest BCUT2D eigenvalue weighted by atomic mass is 16.5. The molecule has 5 rings (SSSR count). The molecule has 1 aliphatic heterocycles. The maximum absolute atomic E-state index is 13.5. The number of benzene rings is 1. The second-order valence-electron chi connectivity index (χ2n) is 9.06. The fraction of sp³-hybridized carbons (Fsp3) is 0.423. The minimum absolute atomic E-state index is 0.0133. The van der Waals surface area contributed by atoms with Gasteiger partial charge in [-0.25, -0.2) is 4.98 Å². The van der Waals surface area contributed by atoms with E-state index >= 15 is 0 Å². The molecule has 7 nitrogen and oxygen atoms in total. The van der Waals surface area contributed by atoms with Crippen molar-refractivity contribution in [1.29, 1.82) is 0 Å². The van der Waals surface area contributed by atoms with Crippen molar-refractivity contribution in [2.45, 2.75) is 58.3 Å². The molecule has 0 unspecified atom stereocenters. The summed E-state index contributed by atoms with van der Waals surface area (Å²) < 4.78 is 13.6. The Balaban J connectivity index is 1.50. The SMILES string of the molecule is CCn1cc(C(=O)N2[C@H](C)COC[C@@H]2C)c(=O)c2cc(OC3Cc4ccccc4C3)ncc21. The molecule has 33 heavy (non-hydrogen) atoms. The van der Waals surface area contributed by atoms with Crippen LogP contribution in [0, 0.1) is 0 Å². The zero-order chi connectivity index (χ0) is 23.1. The van der Waals surface area contributed by atoms with E-state index in [2.05, 4.69) is 17.1 Å². The minimum atomic E-state index is -0.285. The van der Waals surface area contributed by atoms with E-state index in [1.54, 1.807) is 23.4 Å². The van der Waals surface area contributed by atoms with Crippen LogP contribution in [0.15, 0.2) is 47.5 Å². The molecule has 0 spiro atoms. The van der Waals surface area contributed by atoms with E-state index in [0.717, 1.165) is 12.8 Å². The van der Waals surface area contributed by atoms with Crippen molar-refractivity contribution in [3.63, 3.8) is 0 Å². The fourth-order valence-electron chi connectivity index (χ4n) is 5.06. The van der Waals surface area contributed by atoms with Crippen molar-refractivity contribution in [2.24, 2.45) is 0 Å². The molecule has 0 bridgehead atoms. The molecule has 1 aliphatic carbocycles. The lowest BCUT2D eigenvalue weighted by Crippen LogP contribution is -2.53. The third-order valence-electron chi connectivity index (χ3n) is 6.72. The molecule has 0 saturated carbocycles. The van der Waals surface area contributed by atoms with Crippen LogP contribution in [-0.4, -0.2) is 51.8 Å². The number of morpholine rings is 1. The standard InChI is InChI=1S/C26H29N3O4/c1-4-28-13-22(26(31)29-16(2)14-32-15-17(29)3)25(30)21-11-24(27-12-23(21)28)33-20-9-18-7-5-6-8-19(18)10-20/h5-8,11-13,16-17,20H,4,9-10,14-15H2,1-3H3/t16-,17+. The van der Waals surface area contributed by atoms with E-state index in [-0.39, 0.29) is 35.1 Å².